The monoisotopic (exact) mass is 158 g/mol. The first-order valence-electron chi connectivity index (χ1n) is 3.59. The summed E-state index contributed by atoms with van der Waals surface area (Å²) in [5.74, 6) is -0.416. The van der Waals surface area contributed by atoms with Crippen LogP contribution in [0.4, 0.5) is 0 Å². The number of hydrogen-bond acceptors (Lipinski definition) is 3. The predicted octanol–water partition coefficient (Wildman–Crippen LogP) is 0.875. The second-order valence-corrected chi connectivity index (χ2v) is 2.59. The average Bonchev–Trinajstić information content (AvgIpc) is 1.82. The lowest BCUT2D eigenvalue weighted by molar-refractivity contribution is -0.141. The number of esters is 1. The molecule has 0 amide bonds. The van der Waals surface area contributed by atoms with Gasteiger partial charge in [0.1, 0.15) is 0 Å². The highest BCUT2D eigenvalue weighted by atomic mass is 16.5. The Morgan fingerprint density at radius 2 is 2.00 bits per heavy atom. The third-order valence-corrected chi connectivity index (χ3v) is 0.863. The molecular formula is C8H14O3. The summed E-state index contributed by atoms with van der Waals surface area (Å²) in [6, 6.07) is 0. The van der Waals surface area contributed by atoms with Crippen LogP contribution in [0.5, 0.6) is 0 Å². The first-order valence-corrected chi connectivity index (χ1v) is 3.59. The van der Waals surface area contributed by atoms with Crippen LogP contribution in [0.1, 0.15) is 20.8 Å². The van der Waals surface area contributed by atoms with Crippen LogP contribution in [0.3, 0.4) is 0 Å². The fraction of sp³-hybridized carbons (Fsp3) is 0.625. The van der Waals surface area contributed by atoms with Crippen molar-refractivity contribution < 1.29 is 14.6 Å². The fourth-order valence-electron chi connectivity index (χ4n) is 0.489. The quantitative estimate of drug-likeness (QED) is 0.489. The molecule has 11 heavy (non-hydrogen) atoms. The van der Waals surface area contributed by atoms with Gasteiger partial charge in [0.2, 0.25) is 0 Å². The number of rotatable bonds is 3. The molecule has 1 N–H and O–H groups in total. The molecule has 0 aromatic rings. The highest BCUT2D eigenvalue weighted by molar-refractivity contribution is 5.82. The Morgan fingerprint density at radius 3 is 2.36 bits per heavy atom. The van der Waals surface area contributed by atoms with Crippen molar-refractivity contribution in [1.29, 1.82) is 0 Å². The molecule has 0 rings (SSSR count). The molecule has 0 aromatic heterocycles. The van der Waals surface area contributed by atoms with Crippen molar-refractivity contribution in [2.24, 2.45) is 0 Å². The number of aliphatic hydroxyl groups excluding tert-OH is 1. The number of carbonyl (C=O) groups excluding carboxylic acids is 1. The number of carbonyl (C=O) groups is 1. The van der Waals surface area contributed by atoms with Gasteiger partial charge in [0.05, 0.1) is 12.2 Å². The van der Waals surface area contributed by atoms with Crippen LogP contribution in [0.25, 0.3) is 0 Å². The average molecular weight is 158 g/mol. The lowest BCUT2D eigenvalue weighted by Crippen LogP contribution is -2.09. The standard InChI is InChI=1S/C8H14O3/c1-6(2)11-8(10)5-4-7(3)9/h4-7,9H,1-3H3. The van der Waals surface area contributed by atoms with Crippen LogP contribution in [0.2, 0.25) is 0 Å². The fourth-order valence-corrected chi connectivity index (χ4v) is 0.489. The van der Waals surface area contributed by atoms with E-state index in [1.54, 1.807) is 20.8 Å². The summed E-state index contributed by atoms with van der Waals surface area (Å²) in [4.78, 5) is 10.7. The molecule has 1 unspecified atom stereocenters. The first kappa shape index (κ1) is 10.2. The van der Waals surface area contributed by atoms with Crippen LogP contribution in [0.15, 0.2) is 12.2 Å². The van der Waals surface area contributed by atoms with Crippen LogP contribution in [0, 0.1) is 0 Å². The molecule has 1 atom stereocenters. The first-order chi connectivity index (χ1) is 5.02. The molecule has 0 saturated heterocycles. The minimum Gasteiger partial charge on any atom is -0.460 e. The third kappa shape index (κ3) is 7.06. The maximum atomic E-state index is 10.7. The molecule has 0 saturated carbocycles. The topological polar surface area (TPSA) is 46.5 Å². The van der Waals surface area contributed by atoms with E-state index in [1.165, 1.54) is 12.2 Å². The minimum absolute atomic E-state index is 0.110. The van der Waals surface area contributed by atoms with Crippen molar-refractivity contribution in [3.8, 4) is 0 Å². The normalized spacial score (nSPS) is 13.9. The third-order valence-electron chi connectivity index (χ3n) is 0.863. The maximum Gasteiger partial charge on any atom is 0.330 e. The van der Waals surface area contributed by atoms with Gasteiger partial charge in [-0.3, -0.25) is 0 Å². The number of hydrogen-bond donors (Lipinski definition) is 1. The van der Waals surface area contributed by atoms with Gasteiger partial charge in [-0.15, -0.1) is 0 Å². The van der Waals surface area contributed by atoms with Gasteiger partial charge in [-0.2, -0.15) is 0 Å². The molecule has 0 fully saturated rings. The molecule has 0 aliphatic heterocycles. The highest BCUT2D eigenvalue weighted by Gasteiger charge is 1.99. The summed E-state index contributed by atoms with van der Waals surface area (Å²) in [6.07, 6.45) is 1.89. The van der Waals surface area contributed by atoms with Gasteiger partial charge in [0.15, 0.2) is 0 Å². The molecule has 0 spiro atoms. The van der Waals surface area contributed by atoms with Crippen molar-refractivity contribution in [2.45, 2.75) is 33.0 Å². The van der Waals surface area contributed by atoms with Gasteiger partial charge < -0.3 is 9.84 Å². The zero-order chi connectivity index (χ0) is 8.85. The van der Waals surface area contributed by atoms with Gasteiger partial charge in [-0.05, 0) is 26.8 Å². The van der Waals surface area contributed by atoms with Crippen LogP contribution in [-0.4, -0.2) is 23.3 Å². The van der Waals surface area contributed by atoms with Crippen molar-refractivity contribution in [3.63, 3.8) is 0 Å². The van der Waals surface area contributed by atoms with Crippen molar-refractivity contribution in [2.75, 3.05) is 0 Å². The minimum atomic E-state index is -0.602. The molecule has 0 heterocycles. The Morgan fingerprint density at radius 1 is 1.45 bits per heavy atom. The molecule has 0 bridgehead atoms. The molecule has 0 aliphatic carbocycles. The van der Waals surface area contributed by atoms with Gasteiger partial charge in [0.25, 0.3) is 0 Å². The molecular weight excluding hydrogens is 144 g/mol. The summed E-state index contributed by atoms with van der Waals surface area (Å²) in [5, 5.41) is 8.74. The van der Waals surface area contributed by atoms with E-state index in [9.17, 15) is 4.79 Å². The summed E-state index contributed by atoms with van der Waals surface area (Å²) >= 11 is 0. The number of ether oxygens (including phenoxy) is 1. The SMILES string of the molecule is CC(O)C=CC(=O)OC(C)C. The molecule has 3 nitrogen and oxygen atoms in total. The van der Waals surface area contributed by atoms with Crippen LogP contribution >= 0.6 is 0 Å². The molecule has 3 heteroatoms. The predicted molar refractivity (Wildman–Crippen MR) is 42.0 cm³/mol. The Balaban J connectivity index is 3.69. The Hall–Kier alpha value is -0.830. The van der Waals surface area contributed by atoms with E-state index < -0.39 is 12.1 Å². The lowest BCUT2D eigenvalue weighted by Gasteiger charge is -2.03. The van der Waals surface area contributed by atoms with E-state index in [1.807, 2.05) is 0 Å². The zero-order valence-corrected chi connectivity index (χ0v) is 7.07. The summed E-state index contributed by atoms with van der Waals surface area (Å²) < 4.78 is 4.76. The molecule has 64 valence electrons. The van der Waals surface area contributed by atoms with Crippen LogP contribution < -0.4 is 0 Å². The van der Waals surface area contributed by atoms with E-state index in [2.05, 4.69) is 0 Å². The van der Waals surface area contributed by atoms with Gasteiger partial charge in [-0.25, -0.2) is 4.79 Å². The van der Waals surface area contributed by atoms with Crippen LogP contribution in [-0.2, 0) is 9.53 Å². The smallest absolute Gasteiger partial charge is 0.330 e. The second kappa shape index (κ2) is 4.91. The second-order valence-electron chi connectivity index (χ2n) is 2.59. The van der Waals surface area contributed by atoms with Gasteiger partial charge in [-0.1, -0.05) is 0 Å². The number of aliphatic hydroxyl groups is 1. The van der Waals surface area contributed by atoms with E-state index in [4.69, 9.17) is 9.84 Å². The van der Waals surface area contributed by atoms with Gasteiger partial charge in [0, 0.05) is 6.08 Å². The Bertz CT molecular complexity index is 147. The van der Waals surface area contributed by atoms with E-state index in [-0.39, 0.29) is 6.10 Å². The maximum absolute atomic E-state index is 10.7. The zero-order valence-electron chi connectivity index (χ0n) is 7.07. The summed E-state index contributed by atoms with van der Waals surface area (Å²) in [7, 11) is 0. The highest BCUT2D eigenvalue weighted by Crippen LogP contribution is 1.91. The Labute approximate surface area is 66.7 Å². The summed E-state index contributed by atoms with van der Waals surface area (Å²) in [6.45, 7) is 5.11. The largest absolute Gasteiger partial charge is 0.460 e. The Kier molecular flexibility index (Phi) is 4.54. The van der Waals surface area contributed by atoms with E-state index in [0.29, 0.717) is 0 Å². The molecule has 0 aliphatic rings. The van der Waals surface area contributed by atoms with E-state index >= 15 is 0 Å². The summed E-state index contributed by atoms with van der Waals surface area (Å²) in [5.41, 5.74) is 0. The molecule has 0 aromatic carbocycles. The van der Waals surface area contributed by atoms with Gasteiger partial charge >= 0.3 is 5.97 Å². The van der Waals surface area contributed by atoms with Crippen molar-refractivity contribution >= 4 is 5.97 Å². The van der Waals surface area contributed by atoms with Crippen molar-refractivity contribution in [1.82, 2.24) is 0 Å². The van der Waals surface area contributed by atoms with Crippen molar-refractivity contribution in [3.05, 3.63) is 12.2 Å². The van der Waals surface area contributed by atoms with E-state index in [0.717, 1.165) is 0 Å². The molecule has 0 radical (unpaired) electrons. The lowest BCUT2D eigenvalue weighted by atomic mass is 10.3.